The van der Waals surface area contributed by atoms with Crippen molar-refractivity contribution < 1.29 is 9.84 Å². The first-order chi connectivity index (χ1) is 7.33. The molecule has 0 amide bonds. The summed E-state index contributed by atoms with van der Waals surface area (Å²) >= 11 is 0. The Bertz CT molecular complexity index is 199. The molecule has 0 aromatic rings. The Morgan fingerprint density at radius 2 is 1.81 bits per heavy atom. The number of rotatable bonds is 4. The van der Waals surface area contributed by atoms with Gasteiger partial charge in [-0.05, 0) is 37.5 Å². The largest absolute Gasteiger partial charge is 0.387 e. The number of ether oxygens (including phenoxy) is 1. The average molecular weight is 228 g/mol. The van der Waals surface area contributed by atoms with Crippen LogP contribution in [0.15, 0.2) is 0 Å². The molecule has 0 bridgehead atoms. The summed E-state index contributed by atoms with van der Waals surface area (Å²) in [5.74, 6) is 0.675. The molecule has 1 rings (SSSR count). The van der Waals surface area contributed by atoms with E-state index in [-0.39, 0.29) is 6.10 Å². The van der Waals surface area contributed by atoms with Crippen molar-refractivity contribution >= 4 is 0 Å². The van der Waals surface area contributed by atoms with Gasteiger partial charge >= 0.3 is 0 Å². The molecule has 1 aliphatic heterocycles. The number of hydrogen-bond acceptors (Lipinski definition) is 2. The topological polar surface area (TPSA) is 29.5 Å². The first-order valence-corrected chi connectivity index (χ1v) is 6.67. The van der Waals surface area contributed by atoms with Gasteiger partial charge in [-0.3, -0.25) is 0 Å². The number of aliphatic hydroxyl groups is 1. The molecule has 2 nitrogen and oxygen atoms in total. The molecule has 0 saturated carbocycles. The zero-order valence-corrected chi connectivity index (χ0v) is 11.5. The second kappa shape index (κ2) is 5.05. The molecule has 1 aliphatic rings. The Morgan fingerprint density at radius 3 is 2.31 bits per heavy atom. The number of hydrogen-bond donors (Lipinski definition) is 1. The van der Waals surface area contributed by atoms with E-state index in [9.17, 15) is 5.11 Å². The zero-order chi connectivity index (χ0) is 12.4. The van der Waals surface area contributed by atoms with Crippen LogP contribution in [0.3, 0.4) is 0 Å². The third-order valence-electron chi connectivity index (χ3n) is 4.71. The molecule has 96 valence electrons. The molecule has 0 aromatic carbocycles. The molecule has 0 radical (unpaired) electrons. The van der Waals surface area contributed by atoms with E-state index in [1.165, 1.54) is 6.42 Å². The maximum atomic E-state index is 10.3. The van der Waals surface area contributed by atoms with Crippen molar-refractivity contribution in [3.8, 4) is 0 Å². The lowest BCUT2D eigenvalue weighted by Crippen LogP contribution is -2.46. The third kappa shape index (κ3) is 2.98. The highest BCUT2D eigenvalue weighted by Gasteiger charge is 2.39. The summed E-state index contributed by atoms with van der Waals surface area (Å²) in [7, 11) is 0. The Morgan fingerprint density at radius 1 is 1.19 bits per heavy atom. The van der Waals surface area contributed by atoms with Gasteiger partial charge in [0.25, 0.3) is 0 Å². The summed E-state index contributed by atoms with van der Waals surface area (Å²) < 4.78 is 5.75. The predicted molar refractivity (Wildman–Crippen MR) is 67.5 cm³/mol. The van der Waals surface area contributed by atoms with E-state index in [1.807, 2.05) is 13.8 Å². The molecule has 1 N–H and O–H groups in total. The van der Waals surface area contributed by atoms with Crippen LogP contribution in [0.1, 0.15) is 60.3 Å². The second-order valence-electron chi connectivity index (χ2n) is 6.13. The van der Waals surface area contributed by atoms with Crippen molar-refractivity contribution in [2.45, 2.75) is 72.0 Å². The summed E-state index contributed by atoms with van der Waals surface area (Å²) in [6.07, 6.45) is 4.11. The quantitative estimate of drug-likeness (QED) is 0.799. The molecule has 0 spiro atoms. The fraction of sp³-hybridized carbons (Fsp3) is 1.00. The SMILES string of the molecule is CCC(C)(C)C1CCOC(C(C)(O)CC)C1. The maximum Gasteiger partial charge on any atom is 0.0877 e. The van der Waals surface area contributed by atoms with Crippen molar-refractivity contribution in [3.05, 3.63) is 0 Å². The average Bonchev–Trinajstić information content (AvgIpc) is 2.29. The molecule has 1 fully saturated rings. The summed E-state index contributed by atoms with van der Waals surface area (Å²) in [5.41, 5.74) is -0.297. The van der Waals surface area contributed by atoms with Crippen LogP contribution in [-0.2, 0) is 4.74 Å². The minimum atomic E-state index is -0.664. The maximum absolute atomic E-state index is 10.3. The smallest absolute Gasteiger partial charge is 0.0877 e. The van der Waals surface area contributed by atoms with Crippen LogP contribution < -0.4 is 0 Å². The van der Waals surface area contributed by atoms with Gasteiger partial charge in [-0.25, -0.2) is 0 Å². The van der Waals surface area contributed by atoms with Gasteiger partial charge < -0.3 is 9.84 Å². The van der Waals surface area contributed by atoms with Gasteiger partial charge in [-0.2, -0.15) is 0 Å². The Kier molecular flexibility index (Phi) is 4.42. The normalized spacial score (nSPS) is 31.1. The van der Waals surface area contributed by atoms with Crippen LogP contribution in [0, 0.1) is 11.3 Å². The highest BCUT2D eigenvalue weighted by Crippen LogP contribution is 2.41. The van der Waals surface area contributed by atoms with Crippen molar-refractivity contribution in [2.24, 2.45) is 11.3 Å². The van der Waals surface area contributed by atoms with E-state index in [2.05, 4.69) is 20.8 Å². The van der Waals surface area contributed by atoms with Gasteiger partial charge in [-0.15, -0.1) is 0 Å². The van der Waals surface area contributed by atoms with E-state index < -0.39 is 5.60 Å². The lowest BCUT2D eigenvalue weighted by molar-refractivity contribution is -0.141. The summed E-state index contributed by atoms with van der Waals surface area (Å²) in [6.45, 7) is 11.6. The van der Waals surface area contributed by atoms with Crippen LogP contribution >= 0.6 is 0 Å². The highest BCUT2D eigenvalue weighted by atomic mass is 16.5. The van der Waals surface area contributed by atoms with Gasteiger partial charge in [0, 0.05) is 6.61 Å². The van der Waals surface area contributed by atoms with Gasteiger partial charge in [0.15, 0.2) is 0 Å². The molecular weight excluding hydrogens is 200 g/mol. The summed E-state index contributed by atoms with van der Waals surface area (Å²) in [6, 6.07) is 0. The van der Waals surface area contributed by atoms with Gasteiger partial charge in [-0.1, -0.05) is 34.1 Å². The minimum absolute atomic E-state index is 0.0158. The molecule has 1 saturated heterocycles. The third-order valence-corrected chi connectivity index (χ3v) is 4.71. The Hall–Kier alpha value is -0.0800. The van der Waals surface area contributed by atoms with E-state index in [0.717, 1.165) is 25.9 Å². The standard InChI is InChI=1S/C14H28O2/c1-6-13(3,4)11-8-9-16-12(10-11)14(5,15)7-2/h11-12,15H,6-10H2,1-5H3. The molecule has 3 atom stereocenters. The molecule has 1 heterocycles. The van der Waals surface area contributed by atoms with E-state index in [0.29, 0.717) is 11.3 Å². The minimum Gasteiger partial charge on any atom is -0.387 e. The summed E-state index contributed by atoms with van der Waals surface area (Å²) in [4.78, 5) is 0. The van der Waals surface area contributed by atoms with Gasteiger partial charge in [0.2, 0.25) is 0 Å². The molecule has 0 aromatic heterocycles. The molecule has 16 heavy (non-hydrogen) atoms. The fourth-order valence-electron chi connectivity index (χ4n) is 2.46. The van der Waals surface area contributed by atoms with Crippen LogP contribution in [0.5, 0.6) is 0 Å². The van der Waals surface area contributed by atoms with E-state index >= 15 is 0 Å². The van der Waals surface area contributed by atoms with Crippen molar-refractivity contribution in [2.75, 3.05) is 6.61 Å². The van der Waals surface area contributed by atoms with Gasteiger partial charge in [0.1, 0.15) is 0 Å². The van der Waals surface area contributed by atoms with Crippen LogP contribution in [0.4, 0.5) is 0 Å². The lowest BCUT2D eigenvalue weighted by Gasteiger charge is -2.43. The van der Waals surface area contributed by atoms with E-state index in [1.54, 1.807) is 0 Å². The fourth-order valence-corrected chi connectivity index (χ4v) is 2.46. The molecular formula is C14H28O2. The summed E-state index contributed by atoms with van der Waals surface area (Å²) in [5, 5.41) is 10.3. The molecule has 2 heteroatoms. The van der Waals surface area contributed by atoms with Crippen molar-refractivity contribution in [1.82, 2.24) is 0 Å². The predicted octanol–water partition coefficient (Wildman–Crippen LogP) is 3.38. The lowest BCUT2D eigenvalue weighted by atomic mass is 9.70. The molecule has 3 unspecified atom stereocenters. The first kappa shape index (κ1) is 14.0. The monoisotopic (exact) mass is 228 g/mol. The molecule has 0 aliphatic carbocycles. The van der Waals surface area contributed by atoms with Crippen molar-refractivity contribution in [1.29, 1.82) is 0 Å². The van der Waals surface area contributed by atoms with Gasteiger partial charge in [0.05, 0.1) is 11.7 Å². The van der Waals surface area contributed by atoms with Crippen LogP contribution in [-0.4, -0.2) is 23.4 Å². The van der Waals surface area contributed by atoms with Crippen molar-refractivity contribution in [3.63, 3.8) is 0 Å². The Labute approximate surface area is 100 Å². The highest BCUT2D eigenvalue weighted by molar-refractivity contribution is 4.90. The zero-order valence-electron chi connectivity index (χ0n) is 11.5. The van der Waals surface area contributed by atoms with Crippen LogP contribution in [0.2, 0.25) is 0 Å². The Balaban J connectivity index is 2.67. The first-order valence-electron chi connectivity index (χ1n) is 6.67. The second-order valence-corrected chi connectivity index (χ2v) is 6.13. The van der Waals surface area contributed by atoms with E-state index in [4.69, 9.17) is 4.74 Å². The van der Waals surface area contributed by atoms with Crippen LogP contribution in [0.25, 0.3) is 0 Å².